The Hall–Kier alpha value is -1.72. The van der Waals surface area contributed by atoms with E-state index in [4.69, 9.17) is 5.11 Å². The molecule has 0 atom stereocenters. The van der Waals surface area contributed by atoms with Crippen LogP contribution in [0.15, 0.2) is 36.9 Å². The maximum atomic E-state index is 13.3. The van der Waals surface area contributed by atoms with Gasteiger partial charge in [0.1, 0.15) is 5.82 Å². The molecular weight excluding hydrogens is 235 g/mol. The third-order valence-electron chi connectivity index (χ3n) is 2.32. The number of carbonyl (C=O) groups excluding carboxylic acids is 1. The average molecular weight is 252 g/mol. The lowest BCUT2D eigenvalue weighted by Gasteiger charge is -2.18. The van der Waals surface area contributed by atoms with Gasteiger partial charge in [-0.15, -0.1) is 6.58 Å². The molecule has 1 rings (SSSR count). The maximum Gasteiger partial charge on any atom is 0.238 e. The number of benzene rings is 1. The van der Waals surface area contributed by atoms with Gasteiger partial charge in [0.15, 0.2) is 0 Å². The van der Waals surface area contributed by atoms with Crippen LogP contribution >= 0.6 is 0 Å². The average Bonchev–Trinajstić information content (AvgIpc) is 2.33. The van der Waals surface area contributed by atoms with Gasteiger partial charge in [0.2, 0.25) is 5.91 Å². The van der Waals surface area contributed by atoms with Gasteiger partial charge in [-0.2, -0.15) is 0 Å². The molecule has 0 aliphatic carbocycles. The second-order valence-electron chi connectivity index (χ2n) is 3.78. The SMILES string of the molecule is C=CCN(CCO)CC(=O)Nc1ccccc1F. The minimum absolute atomic E-state index is 0.0409. The van der Waals surface area contributed by atoms with Crippen molar-refractivity contribution in [1.29, 1.82) is 0 Å². The molecule has 0 saturated heterocycles. The molecule has 0 aliphatic heterocycles. The first-order valence-electron chi connectivity index (χ1n) is 5.66. The third-order valence-corrected chi connectivity index (χ3v) is 2.32. The van der Waals surface area contributed by atoms with E-state index in [2.05, 4.69) is 11.9 Å². The first kappa shape index (κ1) is 14.3. The number of carbonyl (C=O) groups is 1. The summed E-state index contributed by atoms with van der Waals surface area (Å²) in [5.74, 6) is -0.793. The van der Waals surface area contributed by atoms with Crippen LogP contribution in [0, 0.1) is 5.82 Å². The van der Waals surface area contributed by atoms with E-state index in [-0.39, 0.29) is 24.7 Å². The molecule has 0 aromatic heterocycles. The van der Waals surface area contributed by atoms with Crippen LogP contribution in [0.3, 0.4) is 0 Å². The molecule has 0 unspecified atom stereocenters. The van der Waals surface area contributed by atoms with E-state index < -0.39 is 5.82 Å². The molecule has 0 radical (unpaired) electrons. The Kier molecular flexibility index (Phi) is 6.04. The lowest BCUT2D eigenvalue weighted by molar-refractivity contribution is -0.117. The number of rotatable bonds is 7. The van der Waals surface area contributed by atoms with E-state index in [1.54, 1.807) is 23.1 Å². The van der Waals surface area contributed by atoms with Gasteiger partial charge in [-0.3, -0.25) is 9.69 Å². The molecule has 0 heterocycles. The van der Waals surface area contributed by atoms with Crippen LogP contribution < -0.4 is 5.32 Å². The standard InChI is InChI=1S/C13H17FN2O2/c1-2-7-16(8-9-17)10-13(18)15-12-6-4-3-5-11(12)14/h2-6,17H,1,7-10H2,(H,15,18). The Balaban J connectivity index is 2.54. The van der Waals surface area contributed by atoms with Gasteiger partial charge in [-0.1, -0.05) is 18.2 Å². The molecule has 98 valence electrons. The summed E-state index contributed by atoms with van der Waals surface area (Å²) in [7, 11) is 0. The van der Waals surface area contributed by atoms with Gasteiger partial charge >= 0.3 is 0 Å². The van der Waals surface area contributed by atoms with E-state index in [9.17, 15) is 9.18 Å². The van der Waals surface area contributed by atoms with Crippen molar-refractivity contribution in [1.82, 2.24) is 4.90 Å². The van der Waals surface area contributed by atoms with Gasteiger partial charge < -0.3 is 10.4 Å². The van der Waals surface area contributed by atoms with Crippen molar-refractivity contribution >= 4 is 11.6 Å². The zero-order chi connectivity index (χ0) is 13.4. The number of hydrogen-bond donors (Lipinski definition) is 2. The van der Waals surface area contributed by atoms with E-state index >= 15 is 0 Å². The number of para-hydroxylation sites is 1. The molecule has 0 bridgehead atoms. The van der Waals surface area contributed by atoms with Crippen molar-refractivity contribution in [3.05, 3.63) is 42.7 Å². The van der Waals surface area contributed by atoms with Gasteiger partial charge in [0.05, 0.1) is 18.8 Å². The lowest BCUT2D eigenvalue weighted by atomic mass is 10.3. The van der Waals surface area contributed by atoms with Crippen molar-refractivity contribution in [3.63, 3.8) is 0 Å². The van der Waals surface area contributed by atoms with Gasteiger partial charge in [-0.25, -0.2) is 4.39 Å². The fourth-order valence-corrected chi connectivity index (χ4v) is 1.51. The molecular formula is C13H17FN2O2. The highest BCUT2D eigenvalue weighted by atomic mass is 19.1. The molecule has 0 aliphatic rings. The normalized spacial score (nSPS) is 10.4. The highest BCUT2D eigenvalue weighted by molar-refractivity contribution is 5.92. The van der Waals surface area contributed by atoms with Crippen molar-refractivity contribution in [2.75, 3.05) is 31.6 Å². The fourth-order valence-electron chi connectivity index (χ4n) is 1.51. The molecule has 2 N–H and O–H groups in total. The number of nitrogens with zero attached hydrogens (tertiary/aromatic N) is 1. The van der Waals surface area contributed by atoms with Crippen LogP contribution in [0.25, 0.3) is 0 Å². The topological polar surface area (TPSA) is 52.6 Å². The zero-order valence-corrected chi connectivity index (χ0v) is 10.1. The summed E-state index contributed by atoms with van der Waals surface area (Å²) in [5, 5.41) is 11.3. The van der Waals surface area contributed by atoms with Crippen LogP contribution in [0.1, 0.15) is 0 Å². The Morgan fingerprint density at radius 1 is 1.50 bits per heavy atom. The van der Waals surface area contributed by atoms with Crippen LogP contribution in [-0.2, 0) is 4.79 Å². The number of anilines is 1. The summed E-state index contributed by atoms with van der Waals surface area (Å²) < 4.78 is 13.3. The van der Waals surface area contributed by atoms with Crippen molar-refractivity contribution in [3.8, 4) is 0 Å². The van der Waals surface area contributed by atoms with Crippen LogP contribution in [0.5, 0.6) is 0 Å². The minimum atomic E-state index is -0.469. The summed E-state index contributed by atoms with van der Waals surface area (Å²) in [5.41, 5.74) is 0.157. The van der Waals surface area contributed by atoms with Crippen molar-refractivity contribution < 1.29 is 14.3 Å². The Morgan fingerprint density at radius 2 is 2.22 bits per heavy atom. The Labute approximate surface area is 106 Å². The largest absolute Gasteiger partial charge is 0.395 e. The van der Waals surface area contributed by atoms with Crippen LogP contribution in [0.4, 0.5) is 10.1 Å². The van der Waals surface area contributed by atoms with Crippen LogP contribution in [-0.4, -0.2) is 42.2 Å². The molecule has 4 nitrogen and oxygen atoms in total. The monoisotopic (exact) mass is 252 g/mol. The molecule has 18 heavy (non-hydrogen) atoms. The molecule has 5 heteroatoms. The van der Waals surface area contributed by atoms with E-state index in [1.165, 1.54) is 12.1 Å². The Morgan fingerprint density at radius 3 is 2.83 bits per heavy atom. The van der Waals surface area contributed by atoms with Crippen molar-refractivity contribution in [2.45, 2.75) is 0 Å². The quantitative estimate of drug-likeness (QED) is 0.718. The first-order valence-corrected chi connectivity index (χ1v) is 5.66. The molecule has 1 aromatic rings. The molecule has 0 fully saturated rings. The second-order valence-corrected chi connectivity index (χ2v) is 3.78. The molecule has 1 amide bonds. The zero-order valence-electron chi connectivity index (χ0n) is 10.1. The third kappa shape index (κ3) is 4.65. The molecule has 0 spiro atoms. The Bertz CT molecular complexity index is 410. The summed E-state index contributed by atoms with van der Waals surface area (Å²) in [6.07, 6.45) is 1.64. The number of aliphatic hydroxyl groups excluding tert-OH is 1. The number of aliphatic hydroxyl groups is 1. The summed E-state index contributed by atoms with van der Waals surface area (Å²) in [6, 6.07) is 5.98. The molecule has 0 saturated carbocycles. The highest BCUT2D eigenvalue weighted by Crippen LogP contribution is 2.12. The second kappa shape index (κ2) is 7.58. The number of hydrogen-bond acceptors (Lipinski definition) is 3. The number of halogens is 1. The smallest absolute Gasteiger partial charge is 0.238 e. The van der Waals surface area contributed by atoms with Crippen LogP contribution in [0.2, 0.25) is 0 Å². The highest BCUT2D eigenvalue weighted by Gasteiger charge is 2.10. The maximum absolute atomic E-state index is 13.3. The number of amides is 1. The summed E-state index contributed by atoms with van der Waals surface area (Å²) in [4.78, 5) is 13.4. The minimum Gasteiger partial charge on any atom is -0.395 e. The first-order chi connectivity index (χ1) is 8.67. The fraction of sp³-hybridized carbons (Fsp3) is 0.308. The van der Waals surface area contributed by atoms with Crippen molar-refractivity contribution in [2.24, 2.45) is 0 Å². The van der Waals surface area contributed by atoms with Gasteiger partial charge in [-0.05, 0) is 12.1 Å². The van der Waals surface area contributed by atoms with Gasteiger partial charge in [0, 0.05) is 13.1 Å². The van der Waals surface area contributed by atoms with E-state index in [1.807, 2.05) is 0 Å². The lowest BCUT2D eigenvalue weighted by Crippen LogP contribution is -2.35. The predicted octanol–water partition coefficient (Wildman–Crippen LogP) is 1.24. The summed E-state index contributed by atoms with van der Waals surface area (Å²) >= 11 is 0. The van der Waals surface area contributed by atoms with E-state index in [0.29, 0.717) is 13.1 Å². The number of nitrogens with one attached hydrogen (secondary N) is 1. The van der Waals surface area contributed by atoms with E-state index in [0.717, 1.165) is 0 Å². The summed E-state index contributed by atoms with van der Waals surface area (Å²) in [6.45, 7) is 4.48. The van der Waals surface area contributed by atoms with Gasteiger partial charge in [0.25, 0.3) is 0 Å². The molecule has 1 aromatic carbocycles. The predicted molar refractivity (Wildman–Crippen MR) is 68.8 cm³/mol.